The minimum atomic E-state index is -0.416. The Morgan fingerprint density at radius 2 is 1.88 bits per heavy atom. The molecule has 32 heavy (non-hydrogen) atoms. The van der Waals surface area contributed by atoms with Crippen LogP contribution in [0.25, 0.3) is 0 Å². The molecule has 4 saturated carbocycles. The molecule has 5 rings (SSSR count). The SMILES string of the molecule is CCCCCCCC(=O)OOC12CC3CC(CC(NCC(=O)N4CCC[C@H]4C#N)(C3)C1)C2. The van der Waals surface area contributed by atoms with Gasteiger partial charge >= 0.3 is 5.97 Å². The fourth-order valence-corrected chi connectivity index (χ4v) is 7.10. The van der Waals surface area contributed by atoms with Crippen molar-refractivity contribution in [2.45, 2.75) is 114 Å². The molecule has 0 spiro atoms. The molecular formula is C25H39N3O4. The van der Waals surface area contributed by atoms with Crippen molar-refractivity contribution >= 4 is 11.9 Å². The Hall–Kier alpha value is -1.65. The Bertz CT molecular complexity index is 719. The average Bonchev–Trinajstić information content (AvgIpc) is 3.24. The first kappa shape index (κ1) is 23.5. The molecule has 7 heteroatoms. The van der Waals surface area contributed by atoms with Crippen LogP contribution in [-0.4, -0.2) is 47.0 Å². The summed E-state index contributed by atoms with van der Waals surface area (Å²) in [6, 6.07) is 1.97. The van der Waals surface area contributed by atoms with Crippen molar-refractivity contribution in [1.82, 2.24) is 10.2 Å². The molecule has 178 valence electrons. The van der Waals surface area contributed by atoms with E-state index < -0.39 is 5.60 Å². The molecule has 0 radical (unpaired) electrons. The Morgan fingerprint density at radius 3 is 2.59 bits per heavy atom. The van der Waals surface area contributed by atoms with Gasteiger partial charge in [-0.25, -0.2) is 4.79 Å². The lowest BCUT2D eigenvalue weighted by Crippen LogP contribution is -2.66. The molecular weight excluding hydrogens is 406 g/mol. The summed E-state index contributed by atoms with van der Waals surface area (Å²) in [5, 5.41) is 12.9. The van der Waals surface area contributed by atoms with Crippen LogP contribution in [0, 0.1) is 23.2 Å². The van der Waals surface area contributed by atoms with Gasteiger partial charge in [0.1, 0.15) is 11.6 Å². The molecule has 4 bridgehead atoms. The summed E-state index contributed by atoms with van der Waals surface area (Å²) in [5.41, 5.74) is -0.547. The second kappa shape index (κ2) is 10.1. The van der Waals surface area contributed by atoms with Crippen LogP contribution >= 0.6 is 0 Å². The van der Waals surface area contributed by atoms with Gasteiger partial charge in [0.05, 0.1) is 12.6 Å². The van der Waals surface area contributed by atoms with Crippen LogP contribution in [0.5, 0.6) is 0 Å². The van der Waals surface area contributed by atoms with E-state index in [2.05, 4.69) is 18.3 Å². The van der Waals surface area contributed by atoms with E-state index in [0.29, 0.717) is 24.8 Å². The summed E-state index contributed by atoms with van der Waals surface area (Å²) in [7, 11) is 0. The number of carbonyl (C=O) groups is 2. The molecule has 1 saturated heterocycles. The van der Waals surface area contributed by atoms with Gasteiger partial charge in [-0.1, -0.05) is 32.6 Å². The maximum absolute atomic E-state index is 12.8. The van der Waals surface area contributed by atoms with E-state index in [0.717, 1.165) is 64.2 Å². The Labute approximate surface area is 192 Å². The average molecular weight is 446 g/mol. The van der Waals surface area contributed by atoms with Gasteiger partial charge in [-0.15, -0.1) is 0 Å². The van der Waals surface area contributed by atoms with Crippen LogP contribution in [0.15, 0.2) is 0 Å². The zero-order valence-electron chi connectivity index (χ0n) is 19.6. The van der Waals surface area contributed by atoms with Crippen molar-refractivity contribution < 1.29 is 19.4 Å². The van der Waals surface area contributed by atoms with Crippen LogP contribution in [0.3, 0.4) is 0 Å². The lowest BCUT2D eigenvalue weighted by molar-refractivity contribution is -0.363. The molecule has 5 aliphatic rings. The van der Waals surface area contributed by atoms with E-state index in [1.54, 1.807) is 4.90 Å². The van der Waals surface area contributed by atoms with Gasteiger partial charge in [-0.2, -0.15) is 10.1 Å². The van der Waals surface area contributed by atoms with E-state index in [4.69, 9.17) is 9.78 Å². The predicted octanol–water partition coefficient (Wildman–Crippen LogP) is 4.02. The Kier molecular flexibility index (Phi) is 7.41. The standard InChI is InChI=1S/C25H39N3O4/c1-2-3-4-5-6-9-23(30)31-32-25-14-19-11-20(15-25)13-24(12-19,18-25)27-17-22(29)28-10-7-8-21(28)16-26/h19-21,27H,2-15,17-18H2,1H3/t19?,20?,21-,24?,25?/m0/s1. The monoisotopic (exact) mass is 445 g/mol. The summed E-state index contributed by atoms with van der Waals surface area (Å²) in [5.74, 6) is 0.857. The third-order valence-electron chi connectivity index (χ3n) is 8.14. The molecule has 4 aliphatic carbocycles. The highest BCUT2D eigenvalue weighted by Gasteiger charge is 2.59. The topological polar surface area (TPSA) is 91.7 Å². The van der Waals surface area contributed by atoms with Gasteiger partial charge in [0.2, 0.25) is 5.91 Å². The van der Waals surface area contributed by atoms with Gasteiger partial charge in [-0.3, -0.25) is 9.68 Å². The van der Waals surface area contributed by atoms with Crippen LogP contribution in [0.2, 0.25) is 0 Å². The summed E-state index contributed by atoms with van der Waals surface area (Å²) < 4.78 is 0. The van der Waals surface area contributed by atoms with Crippen LogP contribution in [0.1, 0.15) is 96.8 Å². The second-order valence-corrected chi connectivity index (χ2v) is 10.9. The van der Waals surface area contributed by atoms with Crippen molar-refractivity contribution in [2.75, 3.05) is 13.1 Å². The highest BCUT2D eigenvalue weighted by molar-refractivity contribution is 5.79. The molecule has 7 nitrogen and oxygen atoms in total. The van der Waals surface area contributed by atoms with Crippen LogP contribution in [-0.2, 0) is 19.4 Å². The largest absolute Gasteiger partial charge is 0.342 e. The molecule has 1 amide bonds. The van der Waals surface area contributed by atoms with Crippen molar-refractivity contribution in [2.24, 2.45) is 11.8 Å². The second-order valence-electron chi connectivity index (χ2n) is 10.9. The Balaban J connectivity index is 1.29. The van der Waals surface area contributed by atoms with E-state index >= 15 is 0 Å². The quantitative estimate of drug-likeness (QED) is 0.293. The maximum atomic E-state index is 12.8. The third-order valence-corrected chi connectivity index (χ3v) is 8.14. The summed E-state index contributed by atoms with van der Waals surface area (Å²) >= 11 is 0. The van der Waals surface area contributed by atoms with Crippen molar-refractivity contribution in [3.8, 4) is 6.07 Å². The van der Waals surface area contributed by atoms with Crippen molar-refractivity contribution in [3.05, 3.63) is 0 Å². The number of nitrogens with zero attached hydrogens (tertiary/aromatic N) is 2. The lowest BCUT2D eigenvalue weighted by atomic mass is 9.51. The van der Waals surface area contributed by atoms with E-state index in [1.807, 2.05) is 0 Å². The minimum Gasteiger partial charge on any atom is -0.326 e. The normalized spacial score (nSPS) is 35.1. The highest BCUT2D eigenvalue weighted by Crippen LogP contribution is 2.59. The molecule has 0 aromatic carbocycles. The van der Waals surface area contributed by atoms with Crippen LogP contribution < -0.4 is 5.32 Å². The summed E-state index contributed by atoms with van der Waals surface area (Å²) in [6.45, 7) is 3.13. The van der Waals surface area contributed by atoms with Gasteiger partial charge in [-0.05, 0) is 69.6 Å². The third kappa shape index (κ3) is 5.28. The molecule has 1 N–H and O–H groups in total. The molecule has 0 aromatic rings. The van der Waals surface area contributed by atoms with E-state index in [-0.39, 0.29) is 30.0 Å². The van der Waals surface area contributed by atoms with Crippen LogP contribution in [0.4, 0.5) is 0 Å². The fraction of sp³-hybridized carbons (Fsp3) is 0.880. The van der Waals surface area contributed by atoms with Gasteiger partial charge < -0.3 is 10.2 Å². The van der Waals surface area contributed by atoms with Gasteiger partial charge in [0.15, 0.2) is 0 Å². The van der Waals surface area contributed by atoms with Crippen molar-refractivity contribution in [1.29, 1.82) is 5.26 Å². The smallest absolute Gasteiger partial charge is 0.326 e. The molecule has 2 unspecified atom stereocenters. The molecule has 3 atom stereocenters. The predicted molar refractivity (Wildman–Crippen MR) is 119 cm³/mol. The first-order valence-electron chi connectivity index (χ1n) is 12.8. The molecule has 1 heterocycles. The number of hydrogen-bond acceptors (Lipinski definition) is 6. The van der Waals surface area contributed by atoms with E-state index in [9.17, 15) is 14.9 Å². The fourth-order valence-electron chi connectivity index (χ4n) is 7.10. The highest BCUT2D eigenvalue weighted by atomic mass is 17.2. The molecule has 5 fully saturated rings. The summed E-state index contributed by atoms with van der Waals surface area (Å²) in [4.78, 5) is 38.0. The van der Waals surface area contributed by atoms with E-state index in [1.165, 1.54) is 19.3 Å². The van der Waals surface area contributed by atoms with Gasteiger partial charge in [0, 0.05) is 18.5 Å². The van der Waals surface area contributed by atoms with Gasteiger partial charge in [0.25, 0.3) is 0 Å². The zero-order chi connectivity index (χ0) is 22.6. The Morgan fingerprint density at radius 1 is 1.12 bits per heavy atom. The molecule has 1 aliphatic heterocycles. The number of hydrogen-bond donors (Lipinski definition) is 1. The number of carbonyl (C=O) groups excluding carboxylic acids is 2. The van der Waals surface area contributed by atoms with Crippen molar-refractivity contribution in [3.63, 3.8) is 0 Å². The maximum Gasteiger partial charge on any atom is 0.342 e. The zero-order valence-corrected chi connectivity index (χ0v) is 19.6. The first-order chi connectivity index (χ1) is 15.5. The number of unbranched alkanes of at least 4 members (excludes halogenated alkanes) is 4. The number of nitrogens with one attached hydrogen (secondary N) is 1. The first-order valence-corrected chi connectivity index (χ1v) is 12.8. The number of likely N-dealkylation sites (tertiary alicyclic amines) is 1. The number of nitriles is 1. The minimum absolute atomic E-state index is 0.0225. The number of amides is 1. The number of rotatable bonds is 11. The molecule has 0 aromatic heterocycles. The summed E-state index contributed by atoms with van der Waals surface area (Å²) in [6.07, 6.45) is 13.5. The lowest BCUT2D eigenvalue weighted by Gasteiger charge is -2.60.